The quantitative estimate of drug-likeness (QED) is 0.268. The number of rotatable bonds is 7. The fourth-order valence-corrected chi connectivity index (χ4v) is 3.58. The lowest BCUT2D eigenvalue weighted by atomic mass is 10.1. The molecule has 0 saturated heterocycles. The van der Waals surface area contributed by atoms with E-state index in [2.05, 4.69) is 10.2 Å². The number of carbonyl (C=O) groups is 4. The highest BCUT2D eigenvalue weighted by molar-refractivity contribution is 6.01. The Morgan fingerprint density at radius 1 is 1.05 bits per heavy atom. The zero-order valence-corrected chi connectivity index (χ0v) is 22.9. The second-order valence-corrected chi connectivity index (χ2v) is 9.92. The van der Waals surface area contributed by atoms with Gasteiger partial charge in [-0.3, -0.25) is 19.6 Å². The van der Waals surface area contributed by atoms with Crippen molar-refractivity contribution in [2.24, 2.45) is 0 Å². The van der Waals surface area contributed by atoms with E-state index in [-0.39, 0.29) is 18.2 Å². The van der Waals surface area contributed by atoms with Crippen LogP contribution in [0.5, 0.6) is 5.75 Å². The Morgan fingerprint density at radius 2 is 1.77 bits per heavy atom. The van der Waals surface area contributed by atoms with Gasteiger partial charge in [0.05, 0.1) is 12.6 Å². The number of methoxy groups -OCH3 is 1. The van der Waals surface area contributed by atoms with Crippen molar-refractivity contribution in [3.05, 3.63) is 71.9 Å². The summed E-state index contributed by atoms with van der Waals surface area (Å²) in [7, 11) is 1.25. The van der Waals surface area contributed by atoms with E-state index in [9.17, 15) is 19.2 Å². The second-order valence-electron chi connectivity index (χ2n) is 9.92. The Kier molecular flexibility index (Phi) is 9.13. The van der Waals surface area contributed by atoms with Crippen molar-refractivity contribution in [2.45, 2.75) is 46.3 Å². The zero-order valence-electron chi connectivity index (χ0n) is 22.9. The molecule has 1 aromatic heterocycles. The molecule has 1 N–H and O–H groups in total. The predicted molar refractivity (Wildman–Crippen MR) is 146 cm³/mol. The van der Waals surface area contributed by atoms with Gasteiger partial charge in [-0.2, -0.15) is 0 Å². The van der Waals surface area contributed by atoms with Crippen LogP contribution in [0.3, 0.4) is 0 Å². The average molecular weight is 536 g/mol. The van der Waals surface area contributed by atoms with Crippen LogP contribution in [0.4, 0.5) is 4.79 Å². The summed E-state index contributed by atoms with van der Waals surface area (Å²) in [6.45, 7) is 8.59. The highest BCUT2D eigenvalue weighted by Gasteiger charge is 2.22. The Morgan fingerprint density at radius 3 is 2.44 bits per heavy atom. The molecule has 39 heavy (non-hydrogen) atoms. The molecule has 3 rings (SSSR count). The molecule has 10 nitrogen and oxygen atoms in total. The number of nitrogens with one attached hydrogen (secondary N) is 1. The number of amides is 2. The van der Waals surface area contributed by atoms with E-state index >= 15 is 0 Å². The lowest BCUT2D eigenvalue weighted by molar-refractivity contribution is -0.143. The van der Waals surface area contributed by atoms with Crippen LogP contribution in [-0.2, 0) is 19.1 Å². The van der Waals surface area contributed by atoms with E-state index in [1.807, 2.05) is 18.2 Å². The summed E-state index contributed by atoms with van der Waals surface area (Å²) in [5.74, 6) is -1.25. The van der Waals surface area contributed by atoms with Crippen LogP contribution in [0, 0.1) is 0 Å². The minimum atomic E-state index is -0.669. The summed E-state index contributed by atoms with van der Waals surface area (Å²) in [5.41, 5.74) is 3.47. The summed E-state index contributed by atoms with van der Waals surface area (Å²) in [4.78, 5) is 50.1. The van der Waals surface area contributed by atoms with Crippen LogP contribution in [0.2, 0.25) is 0 Å². The lowest BCUT2D eigenvalue weighted by Gasteiger charge is -2.26. The number of benzene rings is 2. The maximum Gasteiger partial charge on any atom is 0.419 e. The molecule has 0 fully saturated rings. The number of hydrazine groups is 1. The minimum Gasteiger partial charge on any atom is -0.482 e. The molecule has 1 heterocycles. The van der Waals surface area contributed by atoms with Crippen molar-refractivity contribution in [1.29, 1.82) is 0 Å². The smallest absolute Gasteiger partial charge is 0.419 e. The highest BCUT2D eigenvalue weighted by atomic mass is 16.6. The standard InChI is InChI=1S/C29H33N3O7/c1-19(2)32(30-27(35)20-10-9-11-22(16-20)38-18-26(34)37-6)25(33)15-14-21-17-31(28(36)39-29(3,4)5)24-13-8-7-12-23(21)24/h7-17,19H,18H2,1-6H3,(H,30,35). The molecule has 0 aliphatic rings. The van der Waals surface area contributed by atoms with Crippen molar-refractivity contribution in [1.82, 2.24) is 15.0 Å². The van der Waals surface area contributed by atoms with Crippen LogP contribution in [0.25, 0.3) is 17.0 Å². The molecule has 0 aliphatic carbocycles. The first-order chi connectivity index (χ1) is 18.4. The van der Waals surface area contributed by atoms with Crippen molar-refractivity contribution >= 4 is 40.9 Å². The molecule has 2 amide bonds. The number of carbonyl (C=O) groups excluding carboxylic acids is 4. The summed E-state index contributed by atoms with van der Waals surface area (Å²) in [5, 5.41) is 1.96. The molecule has 0 spiro atoms. The van der Waals surface area contributed by atoms with Gasteiger partial charge in [-0.1, -0.05) is 24.3 Å². The Labute approximate surface area is 227 Å². The zero-order chi connectivity index (χ0) is 28.7. The lowest BCUT2D eigenvalue weighted by Crippen LogP contribution is -2.49. The van der Waals surface area contributed by atoms with Crippen molar-refractivity contribution in [2.75, 3.05) is 13.7 Å². The minimum absolute atomic E-state index is 0.236. The number of ether oxygens (including phenoxy) is 3. The summed E-state index contributed by atoms with van der Waals surface area (Å²) >= 11 is 0. The predicted octanol–water partition coefficient (Wildman–Crippen LogP) is 4.57. The number of nitrogens with zero attached hydrogens (tertiary/aromatic N) is 2. The van der Waals surface area contributed by atoms with Gasteiger partial charge < -0.3 is 14.2 Å². The Hall–Kier alpha value is -4.60. The van der Waals surface area contributed by atoms with Gasteiger partial charge in [0.1, 0.15) is 11.4 Å². The molecule has 3 aromatic rings. The van der Waals surface area contributed by atoms with Crippen molar-refractivity contribution < 1.29 is 33.4 Å². The molecule has 206 valence electrons. The van der Waals surface area contributed by atoms with Crippen LogP contribution in [-0.4, -0.2) is 58.8 Å². The number of fused-ring (bicyclic) bond motifs is 1. The molecule has 2 aromatic carbocycles. The van der Waals surface area contributed by atoms with Gasteiger partial charge in [0, 0.05) is 34.8 Å². The molecule has 0 radical (unpaired) electrons. The van der Waals surface area contributed by atoms with Crippen LogP contribution in [0.1, 0.15) is 50.5 Å². The average Bonchev–Trinajstić information content (AvgIpc) is 3.26. The van der Waals surface area contributed by atoms with Crippen LogP contribution >= 0.6 is 0 Å². The number of hydrogen-bond acceptors (Lipinski definition) is 7. The monoisotopic (exact) mass is 535 g/mol. The molecule has 0 aliphatic heterocycles. The summed E-state index contributed by atoms with van der Waals surface area (Å²) < 4.78 is 16.8. The van der Waals surface area contributed by atoms with Crippen molar-refractivity contribution in [3.63, 3.8) is 0 Å². The van der Waals surface area contributed by atoms with E-state index in [0.717, 1.165) is 5.39 Å². The molecule has 0 atom stereocenters. The fourth-order valence-electron chi connectivity index (χ4n) is 3.58. The van der Waals surface area contributed by atoms with Gasteiger partial charge in [0.15, 0.2) is 6.61 Å². The van der Waals surface area contributed by atoms with E-state index in [4.69, 9.17) is 9.47 Å². The number of esters is 1. The van der Waals surface area contributed by atoms with E-state index < -0.39 is 29.5 Å². The maximum atomic E-state index is 13.1. The van der Waals surface area contributed by atoms with E-state index in [1.165, 1.54) is 28.8 Å². The Balaban J connectivity index is 1.79. The number of hydrogen-bond donors (Lipinski definition) is 1. The van der Waals surface area contributed by atoms with Gasteiger partial charge >= 0.3 is 12.1 Å². The molecular weight excluding hydrogens is 502 g/mol. The third-order valence-electron chi connectivity index (χ3n) is 5.39. The molecule has 10 heteroatoms. The van der Waals surface area contributed by atoms with E-state index in [1.54, 1.807) is 71.2 Å². The summed E-state index contributed by atoms with van der Waals surface area (Å²) in [6.07, 6.45) is 4.00. The van der Waals surface area contributed by atoms with Gasteiger partial charge in [-0.25, -0.2) is 14.6 Å². The first kappa shape index (κ1) is 29.0. The van der Waals surface area contributed by atoms with Gasteiger partial charge in [-0.05, 0) is 65.0 Å². The summed E-state index contributed by atoms with van der Waals surface area (Å²) in [6, 6.07) is 13.1. The van der Waals surface area contributed by atoms with Gasteiger partial charge in [0.2, 0.25) is 0 Å². The van der Waals surface area contributed by atoms with Gasteiger partial charge in [-0.15, -0.1) is 0 Å². The third kappa shape index (κ3) is 7.70. The molecule has 0 unspecified atom stereocenters. The third-order valence-corrected chi connectivity index (χ3v) is 5.39. The topological polar surface area (TPSA) is 116 Å². The molecule has 0 bridgehead atoms. The van der Waals surface area contributed by atoms with Crippen molar-refractivity contribution in [3.8, 4) is 5.75 Å². The number of aromatic nitrogens is 1. The fraction of sp³-hybridized carbons (Fsp3) is 0.310. The van der Waals surface area contributed by atoms with E-state index in [0.29, 0.717) is 16.8 Å². The first-order valence-corrected chi connectivity index (χ1v) is 12.3. The SMILES string of the molecule is COC(=O)COc1cccc(C(=O)NN(C(=O)C=Cc2cn(C(=O)OC(C)(C)C)c3ccccc23)C(C)C)c1. The highest BCUT2D eigenvalue weighted by Crippen LogP contribution is 2.24. The molecule has 0 saturated carbocycles. The number of para-hydroxylation sites is 1. The maximum absolute atomic E-state index is 13.1. The Bertz CT molecular complexity index is 1400. The molecular formula is C29H33N3O7. The largest absolute Gasteiger partial charge is 0.482 e. The second kappa shape index (κ2) is 12.3. The van der Waals surface area contributed by atoms with Gasteiger partial charge in [0.25, 0.3) is 11.8 Å². The normalized spacial score (nSPS) is 11.5. The van der Waals surface area contributed by atoms with Crippen LogP contribution in [0.15, 0.2) is 60.8 Å². The van der Waals surface area contributed by atoms with Crippen LogP contribution < -0.4 is 10.2 Å². The first-order valence-electron chi connectivity index (χ1n) is 12.3.